The van der Waals surface area contributed by atoms with Crippen molar-refractivity contribution in [3.05, 3.63) is 28.8 Å². The van der Waals surface area contributed by atoms with Gasteiger partial charge in [-0.15, -0.1) is 0 Å². The highest BCUT2D eigenvalue weighted by molar-refractivity contribution is 5.43. The van der Waals surface area contributed by atoms with Crippen molar-refractivity contribution in [1.29, 1.82) is 5.26 Å². The normalized spacial score (nSPS) is 10.0. The SMILES string of the molecule is COc1ccc(CNCCCC#N)c(C)c1C. The maximum absolute atomic E-state index is 8.43. The van der Waals surface area contributed by atoms with E-state index < -0.39 is 0 Å². The van der Waals surface area contributed by atoms with Crippen LogP contribution in [0.15, 0.2) is 12.1 Å². The number of methoxy groups -OCH3 is 1. The molecule has 1 aromatic rings. The third kappa shape index (κ3) is 3.76. The molecule has 0 aliphatic rings. The summed E-state index contributed by atoms with van der Waals surface area (Å²) in [5.41, 5.74) is 3.77. The molecule has 3 nitrogen and oxygen atoms in total. The third-order valence-electron chi connectivity index (χ3n) is 3.03. The summed E-state index contributed by atoms with van der Waals surface area (Å²) in [5, 5.41) is 11.8. The van der Waals surface area contributed by atoms with Crippen LogP contribution in [0.3, 0.4) is 0 Å². The Morgan fingerprint density at radius 1 is 1.29 bits per heavy atom. The highest BCUT2D eigenvalue weighted by Gasteiger charge is 2.05. The molecule has 0 atom stereocenters. The predicted molar refractivity (Wildman–Crippen MR) is 69.0 cm³/mol. The third-order valence-corrected chi connectivity index (χ3v) is 3.03. The zero-order valence-corrected chi connectivity index (χ0v) is 10.8. The molecule has 1 aromatic carbocycles. The minimum absolute atomic E-state index is 0.619. The molecule has 1 N–H and O–H groups in total. The van der Waals surface area contributed by atoms with E-state index in [1.165, 1.54) is 16.7 Å². The smallest absolute Gasteiger partial charge is 0.122 e. The first kappa shape index (κ1) is 13.5. The Balaban J connectivity index is 2.55. The number of nitriles is 1. The van der Waals surface area contributed by atoms with E-state index in [0.717, 1.165) is 25.3 Å². The Hall–Kier alpha value is -1.53. The van der Waals surface area contributed by atoms with Crippen molar-refractivity contribution in [1.82, 2.24) is 5.32 Å². The molecule has 92 valence electrons. The number of unbranched alkanes of at least 4 members (excludes halogenated alkanes) is 1. The molecule has 0 aliphatic carbocycles. The van der Waals surface area contributed by atoms with Gasteiger partial charge < -0.3 is 10.1 Å². The quantitative estimate of drug-likeness (QED) is 0.767. The van der Waals surface area contributed by atoms with E-state index in [0.29, 0.717) is 6.42 Å². The second-order valence-electron chi connectivity index (χ2n) is 4.12. The van der Waals surface area contributed by atoms with Crippen LogP contribution in [0.1, 0.15) is 29.5 Å². The number of hydrogen-bond acceptors (Lipinski definition) is 3. The maximum atomic E-state index is 8.43. The molecule has 0 heterocycles. The van der Waals surface area contributed by atoms with Crippen molar-refractivity contribution in [2.24, 2.45) is 0 Å². The lowest BCUT2D eigenvalue weighted by atomic mass is 10.0. The largest absolute Gasteiger partial charge is 0.496 e. The van der Waals surface area contributed by atoms with E-state index in [-0.39, 0.29) is 0 Å². The summed E-state index contributed by atoms with van der Waals surface area (Å²) < 4.78 is 5.28. The Bertz CT molecular complexity index is 407. The van der Waals surface area contributed by atoms with Crippen LogP contribution in [-0.4, -0.2) is 13.7 Å². The maximum Gasteiger partial charge on any atom is 0.122 e. The van der Waals surface area contributed by atoms with Crippen LogP contribution in [0.4, 0.5) is 0 Å². The molecule has 0 unspecified atom stereocenters. The molecule has 0 bridgehead atoms. The molecular formula is C14H20N2O. The zero-order valence-electron chi connectivity index (χ0n) is 10.8. The van der Waals surface area contributed by atoms with Crippen LogP contribution in [0.5, 0.6) is 5.75 Å². The average molecular weight is 232 g/mol. The van der Waals surface area contributed by atoms with Crippen molar-refractivity contribution >= 4 is 0 Å². The lowest BCUT2D eigenvalue weighted by Gasteiger charge is -2.13. The van der Waals surface area contributed by atoms with Crippen molar-refractivity contribution in [2.45, 2.75) is 33.2 Å². The summed E-state index contributed by atoms with van der Waals surface area (Å²) in [6.07, 6.45) is 1.53. The van der Waals surface area contributed by atoms with Crippen molar-refractivity contribution < 1.29 is 4.74 Å². The molecular weight excluding hydrogens is 212 g/mol. The summed E-state index contributed by atoms with van der Waals surface area (Å²) in [6.45, 7) is 5.93. The predicted octanol–water partition coefficient (Wildman–Crippen LogP) is 2.71. The fraction of sp³-hybridized carbons (Fsp3) is 0.500. The standard InChI is InChI=1S/C14H20N2O/c1-11-12(2)14(17-3)7-6-13(11)10-16-9-5-4-8-15/h6-7,16H,4-5,9-10H2,1-3H3. The van der Waals surface area contributed by atoms with Gasteiger partial charge in [-0.25, -0.2) is 0 Å². The second-order valence-corrected chi connectivity index (χ2v) is 4.12. The number of rotatable bonds is 6. The molecule has 0 aromatic heterocycles. The summed E-state index contributed by atoms with van der Waals surface area (Å²) in [7, 11) is 1.70. The molecule has 17 heavy (non-hydrogen) atoms. The lowest BCUT2D eigenvalue weighted by molar-refractivity contribution is 0.411. The average Bonchev–Trinajstić information content (AvgIpc) is 2.34. The van der Waals surface area contributed by atoms with E-state index in [4.69, 9.17) is 10.00 Å². The van der Waals surface area contributed by atoms with Crippen molar-refractivity contribution in [2.75, 3.05) is 13.7 Å². The van der Waals surface area contributed by atoms with Gasteiger partial charge in [0.15, 0.2) is 0 Å². The van der Waals surface area contributed by atoms with Gasteiger partial charge in [-0.1, -0.05) is 6.07 Å². The van der Waals surface area contributed by atoms with E-state index >= 15 is 0 Å². The van der Waals surface area contributed by atoms with Gasteiger partial charge >= 0.3 is 0 Å². The molecule has 0 radical (unpaired) electrons. The molecule has 0 saturated carbocycles. The Morgan fingerprint density at radius 2 is 2.06 bits per heavy atom. The van der Waals surface area contributed by atoms with Crippen LogP contribution in [0.2, 0.25) is 0 Å². The first-order chi connectivity index (χ1) is 8.20. The first-order valence-corrected chi connectivity index (χ1v) is 5.91. The molecule has 0 spiro atoms. The molecule has 0 amide bonds. The van der Waals surface area contributed by atoms with Gasteiger partial charge in [0.05, 0.1) is 13.2 Å². The van der Waals surface area contributed by atoms with Crippen LogP contribution in [0, 0.1) is 25.2 Å². The van der Waals surface area contributed by atoms with E-state index in [9.17, 15) is 0 Å². The number of hydrogen-bond donors (Lipinski definition) is 1. The minimum atomic E-state index is 0.619. The Labute approximate surface area is 103 Å². The first-order valence-electron chi connectivity index (χ1n) is 5.91. The molecule has 1 rings (SSSR count). The van der Waals surface area contributed by atoms with Gasteiger partial charge in [-0.05, 0) is 49.6 Å². The molecule has 0 aliphatic heterocycles. The monoisotopic (exact) mass is 232 g/mol. The number of benzene rings is 1. The second kappa shape index (κ2) is 6.93. The minimum Gasteiger partial charge on any atom is -0.496 e. The fourth-order valence-corrected chi connectivity index (χ4v) is 1.78. The van der Waals surface area contributed by atoms with E-state index in [1.807, 2.05) is 6.07 Å². The van der Waals surface area contributed by atoms with Gasteiger partial charge in [0.25, 0.3) is 0 Å². The van der Waals surface area contributed by atoms with Crippen LogP contribution >= 0.6 is 0 Å². The van der Waals surface area contributed by atoms with Gasteiger partial charge in [0.1, 0.15) is 5.75 Å². The topological polar surface area (TPSA) is 45.0 Å². The number of ether oxygens (including phenoxy) is 1. The van der Waals surface area contributed by atoms with Crippen LogP contribution < -0.4 is 10.1 Å². The summed E-state index contributed by atoms with van der Waals surface area (Å²) in [5.74, 6) is 0.940. The molecule has 0 saturated heterocycles. The zero-order chi connectivity index (χ0) is 12.7. The Kier molecular flexibility index (Phi) is 5.51. The molecule has 0 fully saturated rings. The summed E-state index contributed by atoms with van der Waals surface area (Å²) in [6, 6.07) is 6.25. The van der Waals surface area contributed by atoms with Gasteiger partial charge in [0.2, 0.25) is 0 Å². The van der Waals surface area contributed by atoms with Gasteiger partial charge in [0, 0.05) is 13.0 Å². The fourth-order valence-electron chi connectivity index (χ4n) is 1.78. The summed E-state index contributed by atoms with van der Waals surface area (Å²) in [4.78, 5) is 0. The lowest BCUT2D eigenvalue weighted by Crippen LogP contribution is -2.15. The van der Waals surface area contributed by atoms with Crippen molar-refractivity contribution in [3.8, 4) is 11.8 Å². The van der Waals surface area contributed by atoms with Gasteiger partial charge in [-0.3, -0.25) is 0 Å². The van der Waals surface area contributed by atoms with Crippen molar-refractivity contribution in [3.63, 3.8) is 0 Å². The number of nitrogens with zero attached hydrogens (tertiary/aromatic N) is 1. The van der Waals surface area contributed by atoms with E-state index in [1.54, 1.807) is 7.11 Å². The van der Waals surface area contributed by atoms with Crippen LogP contribution in [-0.2, 0) is 6.54 Å². The van der Waals surface area contributed by atoms with E-state index in [2.05, 4.69) is 31.3 Å². The molecule has 3 heteroatoms. The summed E-state index contributed by atoms with van der Waals surface area (Å²) >= 11 is 0. The highest BCUT2D eigenvalue weighted by atomic mass is 16.5. The van der Waals surface area contributed by atoms with Crippen LogP contribution in [0.25, 0.3) is 0 Å². The number of nitrogens with one attached hydrogen (secondary N) is 1. The Morgan fingerprint density at radius 3 is 2.71 bits per heavy atom. The van der Waals surface area contributed by atoms with Gasteiger partial charge in [-0.2, -0.15) is 5.26 Å². The highest BCUT2D eigenvalue weighted by Crippen LogP contribution is 2.23.